The number of amides is 2. The first-order chi connectivity index (χ1) is 16.9. The van der Waals surface area contributed by atoms with Crippen LogP contribution in [0.3, 0.4) is 0 Å². The van der Waals surface area contributed by atoms with E-state index in [-0.39, 0.29) is 29.8 Å². The van der Waals surface area contributed by atoms with Crippen LogP contribution in [-0.4, -0.2) is 77.0 Å². The Morgan fingerprint density at radius 2 is 1.74 bits per heavy atom. The normalized spacial score (nSPS) is 18.8. The van der Waals surface area contributed by atoms with Crippen molar-refractivity contribution >= 4 is 44.6 Å². The summed E-state index contributed by atoms with van der Waals surface area (Å²) in [5.41, 5.74) is 2.69. The average molecular weight is 500 g/mol. The fourth-order valence-corrected chi connectivity index (χ4v) is 6.14. The van der Waals surface area contributed by atoms with Gasteiger partial charge >= 0.3 is 0 Å². The van der Waals surface area contributed by atoms with E-state index in [1.807, 2.05) is 12.1 Å². The Balaban J connectivity index is 1.40. The van der Waals surface area contributed by atoms with Gasteiger partial charge < -0.3 is 20.3 Å². The number of hydrogen-bond donors (Lipinski definition) is 2. The number of morpholine rings is 1. The average Bonchev–Trinajstić information content (AvgIpc) is 3.42. The molecule has 186 valence electrons. The van der Waals surface area contributed by atoms with Crippen LogP contribution in [0.1, 0.15) is 12.8 Å². The Morgan fingerprint density at radius 3 is 2.51 bits per heavy atom. The van der Waals surface area contributed by atoms with Crippen LogP contribution in [0, 0.1) is 0 Å². The minimum absolute atomic E-state index is 0.0675. The molecule has 3 aliphatic rings. The van der Waals surface area contributed by atoms with Crippen LogP contribution in [0.15, 0.2) is 47.4 Å². The van der Waals surface area contributed by atoms with Crippen LogP contribution in [0.4, 0.5) is 22.7 Å². The number of hydrogen-bond acceptors (Lipinski definition) is 7. The second-order valence-electron chi connectivity index (χ2n) is 8.79. The molecule has 2 aromatic carbocycles. The maximum atomic E-state index is 13.2. The molecule has 0 spiro atoms. The highest BCUT2D eigenvalue weighted by Gasteiger charge is 2.29. The SMILES string of the molecule is O=C1CN(C(=O)CNc2cc(S(=O)(=O)N3CCOCC3)ccc2N2CCCC2)c2ccccc2N1. The van der Waals surface area contributed by atoms with Crippen molar-refractivity contribution in [3.05, 3.63) is 42.5 Å². The minimum Gasteiger partial charge on any atom is -0.379 e. The fraction of sp³-hybridized carbons (Fsp3) is 0.417. The summed E-state index contributed by atoms with van der Waals surface area (Å²) >= 11 is 0. The molecule has 0 saturated carbocycles. The van der Waals surface area contributed by atoms with E-state index in [1.165, 1.54) is 9.21 Å². The third-order valence-corrected chi connectivity index (χ3v) is 8.42. The maximum Gasteiger partial charge on any atom is 0.246 e. The van der Waals surface area contributed by atoms with Gasteiger partial charge in [-0.3, -0.25) is 14.5 Å². The molecule has 3 aliphatic heterocycles. The standard InChI is InChI=1S/C24H29N5O5S/c30-23-17-29(22-6-2-1-5-19(22)26-23)24(31)16-25-20-15-18(7-8-21(20)27-9-3-4-10-27)35(32,33)28-11-13-34-14-12-28/h1-2,5-8,15,25H,3-4,9-14,16-17H2,(H,26,30). The summed E-state index contributed by atoms with van der Waals surface area (Å²) in [6, 6.07) is 12.2. The highest BCUT2D eigenvalue weighted by atomic mass is 32.2. The molecule has 0 aliphatic carbocycles. The summed E-state index contributed by atoms with van der Waals surface area (Å²) in [4.78, 5) is 29.1. The Kier molecular flexibility index (Phi) is 6.63. The number of nitrogens with zero attached hydrogens (tertiary/aromatic N) is 3. The molecule has 2 N–H and O–H groups in total. The molecule has 2 saturated heterocycles. The molecule has 3 heterocycles. The van der Waals surface area contributed by atoms with E-state index >= 15 is 0 Å². The summed E-state index contributed by atoms with van der Waals surface area (Å²) in [5.74, 6) is -0.533. The largest absolute Gasteiger partial charge is 0.379 e. The van der Waals surface area contributed by atoms with Gasteiger partial charge in [0.15, 0.2) is 0 Å². The zero-order valence-corrected chi connectivity index (χ0v) is 20.2. The Hall–Kier alpha value is -3.15. The fourth-order valence-electron chi connectivity index (χ4n) is 4.71. The highest BCUT2D eigenvalue weighted by Crippen LogP contribution is 2.33. The smallest absolute Gasteiger partial charge is 0.246 e. The van der Waals surface area contributed by atoms with E-state index in [4.69, 9.17) is 4.74 Å². The summed E-state index contributed by atoms with van der Waals surface area (Å²) < 4.78 is 33.2. The summed E-state index contributed by atoms with van der Waals surface area (Å²) in [7, 11) is -3.68. The van der Waals surface area contributed by atoms with Gasteiger partial charge in [0.2, 0.25) is 21.8 Å². The topological polar surface area (TPSA) is 111 Å². The monoisotopic (exact) mass is 499 g/mol. The first-order valence-electron chi connectivity index (χ1n) is 11.8. The molecular weight excluding hydrogens is 470 g/mol. The molecule has 35 heavy (non-hydrogen) atoms. The Bertz CT molecular complexity index is 1220. The molecule has 11 heteroatoms. The second kappa shape index (κ2) is 9.84. The lowest BCUT2D eigenvalue weighted by Crippen LogP contribution is -2.44. The lowest BCUT2D eigenvalue weighted by atomic mass is 10.2. The summed E-state index contributed by atoms with van der Waals surface area (Å²) in [5, 5.41) is 5.96. The van der Waals surface area contributed by atoms with Gasteiger partial charge in [-0.1, -0.05) is 12.1 Å². The van der Waals surface area contributed by atoms with Gasteiger partial charge in [-0.25, -0.2) is 8.42 Å². The quantitative estimate of drug-likeness (QED) is 0.622. The Labute approximate surface area is 204 Å². The van der Waals surface area contributed by atoms with E-state index in [0.717, 1.165) is 31.6 Å². The molecule has 5 rings (SSSR count). The summed E-state index contributed by atoms with van der Waals surface area (Å²) in [6.45, 7) is 2.97. The van der Waals surface area contributed by atoms with Crippen molar-refractivity contribution in [2.75, 3.05) is 72.9 Å². The van der Waals surface area contributed by atoms with Gasteiger partial charge in [-0.2, -0.15) is 4.31 Å². The number of benzene rings is 2. The molecule has 2 amide bonds. The number of sulfonamides is 1. The number of carbonyl (C=O) groups excluding carboxylic acids is 2. The predicted octanol–water partition coefficient (Wildman–Crippen LogP) is 1.70. The number of nitrogens with one attached hydrogen (secondary N) is 2. The van der Waals surface area contributed by atoms with E-state index < -0.39 is 10.0 Å². The number of carbonyl (C=O) groups is 2. The predicted molar refractivity (Wildman–Crippen MR) is 133 cm³/mol. The molecule has 0 unspecified atom stereocenters. The lowest BCUT2D eigenvalue weighted by Gasteiger charge is -2.30. The van der Waals surface area contributed by atoms with E-state index in [1.54, 1.807) is 30.3 Å². The third kappa shape index (κ3) is 4.84. The molecule has 2 fully saturated rings. The van der Waals surface area contributed by atoms with Crippen molar-refractivity contribution in [2.45, 2.75) is 17.7 Å². The first-order valence-corrected chi connectivity index (χ1v) is 13.3. The van der Waals surface area contributed by atoms with Crippen LogP contribution in [0.25, 0.3) is 0 Å². The molecule has 0 bridgehead atoms. The number of para-hydroxylation sites is 2. The summed E-state index contributed by atoms with van der Waals surface area (Å²) in [6.07, 6.45) is 2.12. The van der Waals surface area contributed by atoms with Crippen LogP contribution < -0.4 is 20.4 Å². The van der Waals surface area contributed by atoms with Gasteiger partial charge in [0, 0.05) is 26.2 Å². The highest BCUT2D eigenvalue weighted by molar-refractivity contribution is 7.89. The van der Waals surface area contributed by atoms with Crippen molar-refractivity contribution in [3.8, 4) is 0 Å². The molecule has 0 aromatic heterocycles. The zero-order valence-electron chi connectivity index (χ0n) is 19.4. The molecule has 0 radical (unpaired) electrons. The van der Waals surface area contributed by atoms with Crippen LogP contribution >= 0.6 is 0 Å². The number of fused-ring (bicyclic) bond motifs is 1. The van der Waals surface area contributed by atoms with Crippen LogP contribution in [-0.2, 0) is 24.3 Å². The molecule has 0 atom stereocenters. The van der Waals surface area contributed by atoms with Crippen molar-refractivity contribution in [2.24, 2.45) is 0 Å². The van der Waals surface area contributed by atoms with Crippen molar-refractivity contribution in [1.82, 2.24) is 4.31 Å². The number of anilines is 4. The van der Waals surface area contributed by atoms with Crippen LogP contribution in [0.5, 0.6) is 0 Å². The zero-order chi connectivity index (χ0) is 24.4. The first kappa shape index (κ1) is 23.6. The molecule has 10 nitrogen and oxygen atoms in total. The molecule has 2 aromatic rings. The maximum absolute atomic E-state index is 13.2. The van der Waals surface area contributed by atoms with Crippen molar-refractivity contribution in [1.29, 1.82) is 0 Å². The lowest BCUT2D eigenvalue weighted by molar-refractivity contribution is -0.120. The van der Waals surface area contributed by atoms with Gasteiger partial charge in [0.05, 0.1) is 47.4 Å². The van der Waals surface area contributed by atoms with Gasteiger partial charge in [-0.05, 0) is 43.2 Å². The minimum atomic E-state index is -3.68. The van der Waals surface area contributed by atoms with E-state index in [2.05, 4.69) is 15.5 Å². The van der Waals surface area contributed by atoms with Crippen LogP contribution in [0.2, 0.25) is 0 Å². The second-order valence-corrected chi connectivity index (χ2v) is 10.7. The Morgan fingerprint density at radius 1 is 1.00 bits per heavy atom. The van der Waals surface area contributed by atoms with E-state index in [0.29, 0.717) is 43.4 Å². The van der Waals surface area contributed by atoms with E-state index in [9.17, 15) is 18.0 Å². The number of rotatable bonds is 6. The van der Waals surface area contributed by atoms with Gasteiger partial charge in [-0.15, -0.1) is 0 Å². The van der Waals surface area contributed by atoms with Gasteiger partial charge in [0.1, 0.15) is 6.54 Å². The third-order valence-electron chi connectivity index (χ3n) is 6.52. The van der Waals surface area contributed by atoms with Crippen molar-refractivity contribution < 1.29 is 22.7 Å². The van der Waals surface area contributed by atoms with Crippen molar-refractivity contribution in [3.63, 3.8) is 0 Å². The number of ether oxygens (including phenoxy) is 1. The van der Waals surface area contributed by atoms with Gasteiger partial charge in [0.25, 0.3) is 0 Å². The molecular formula is C24H29N5O5S.